The van der Waals surface area contributed by atoms with E-state index in [0.29, 0.717) is 22.7 Å². The summed E-state index contributed by atoms with van der Waals surface area (Å²) in [5.74, 6) is 0.801. The van der Waals surface area contributed by atoms with Crippen LogP contribution in [0, 0.1) is 0 Å². The van der Waals surface area contributed by atoms with Crippen molar-refractivity contribution in [3.63, 3.8) is 0 Å². The molecule has 2 heterocycles. The predicted octanol–water partition coefficient (Wildman–Crippen LogP) is 2.61. The van der Waals surface area contributed by atoms with Gasteiger partial charge in [0.05, 0.1) is 11.1 Å². The lowest BCUT2D eigenvalue weighted by Gasteiger charge is -2.16. The summed E-state index contributed by atoms with van der Waals surface area (Å²) < 4.78 is 0. The van der Waals surface area contributed by atoms with Gasteiger partial charge in [0.15, 0.2) is 5.82 Å². The van der Waals surface area contributed by atoms with Gasteiger partial charge in [-0.15, -0.1) is 0 Å². The standard InChI is InChI=1S/C21H23N5O2/c22-19(28)16-4-3-5-17-18(16)24-20(14-6-8-15(27)9-7-14)25-21(17)23-10-13-26-11-1-2-12-26/h3-9,27H,1-2,10-13H2,(H2,22,28)(H,23,24,25). The topological polar surface area (TPSA) is 104 Å². The van der Waals surface area contributed by atoms with Crippen LogP contribution in [0.3, 0.4) is 0 Å². The number of hydrogen-bond donors (Lipinski definition) is 3. The lowest BCUT2D eigenvalue weighted by molar-refractivity contribution is 0.100. The van der Waals surface area contributed by atoms with E-state index in [2.05, 4.69) is 15.2 Å². The Labute approximate surface area is 163 Å². The number of fused-ring (bicyclic) bond motifs is 1. The van der Waals surface area contributed by atoms with Gasteiger partial charge in [-0.1, -0.05) is 6.07 Å². The molecule has 0 saturated carbocycles. The van der Waals surface area contributed by atoms with Gasteiger partial charge in [0.2, 0.25) is 0 Å². The highest BCUT2D eigenvalue weighted by molar-refractivity contribution is 6.07. The molecule has 3 aromatic rings. The van der Waals surface area contributed by atoms with Crippen molar-refractivity contribution in [2.45, 2.75) is 12.8 Å². The Hall–Kier alpha value is -3.19. The van der Waals surface area contributed by atoms with Crippen LogP contribution < -0.4 is 11.1 Å². The Bertz CT molecular complexity index is 998. The van der Waals surface area contributed by atoms with Crippen molar-refractivity contribution in [2.24, 2.45) is 5.73 Å². The average Bonchev–Trinajstić information content (AvgIpc) is 3.21. The highest BCUT2D eigenvalue weighted by Crippen LogP contribution is 2.28. The quantitative estimate of drug-likeness (QED) is 0.610. The molecule has 7 nitrogen and oxygen atoms in total. The van der Waals surface area contributed by atoms with Crippen LogP contribution in [0.25, 0.3) is 22.3 Å². The largest absolute Gasteiger partial charge is 0.508 e. The van der Waals surface area contributed by atoms with Gasteiger partial charge in [-0.05, 0) is 62.3 Å². The number of hydrogen-bond acceptors (Lipinski definition) is 6. The van der Waals surface area contributed by atoms with Crippen LogP contribution in [0.2, 0.25) is 0 Å². The maximum atomic E-state index is 11.9. The maximum absolute atomic E-state index is 11.9. The molecule has 1 saturated heterocycles. The van der Waals surface area contributed by atoms with Gasteiger partial charge in [0, 0.05) is 24.0 Å². The number of nitrogens with one attached hydrogen (secondary N) is 1. The fraction of sp³-hybridized carbons (Fsp3) is 0.286. The van der Waals surface area contributed by atoms with Crippen LogP contribution in [0.5, 0.6) is 5.75 Å². The molecule has 1 aromatic heterocycles. The number of anilines is 1. The minimum Gasteiger partial charge on any atom is -0.508 e. The molecule has 0 spiro atoms. The van der Waals surface area contributed by atoms with Crippen molar-refractivity contribution < 1.29 is 9.90 Å². The number of rotatable bonds is 6. The van der Waals surface area contributed by atoms with E-state index in [9.17, 15) is 9.90 Å². The van der Waals surface area contributed by atoms with Gasteiger partial charge in [-0.3, -0.25) is 4.79 Å². The molecule has 1 fully saturated rings. The lowest BCUT2D eigenvalue weighted by Crippen LogP contribution is -2.26. The first-order valence-corrected chi connectivity index (χ1v) is 9.48. The van der Waals surface area contributed by atoms with Crippen LogP contribution in [-0.2, 0) is 0 Å². The van der Waals surface area contributed by atoms with E-state index in [0.717, 1.165) is 37.1 Å². The van der Waals surface area contributed by atoms with Crippen LogP contribution in [-0.4, -0.2) is 52.1 Å². The number of aromatic hydroxyl groups is 1. The first-order chi connectivity index (χ1) is 13.6. The van der Waals surface area contributed by atoms with Gasteiger partial charge >= 0.3 is 0 Å². The van der Waals surface area contributed by atoms with Crippen molar-refractivity contribution in [3.8, 4) is 17.1 Å². The molecule has 144 valence electrons. The predicted molar refractivity (Wildman–Crippen MR) is 109 cm³/mol. The Balaban J connectivity index is 1.73. The second-order valence-electron chi connectivity index (χ2n) is 6.98. The summed E-state index contributed by atoms with van der Waals surface area (Å²) in [7, 11) is 0. The second-order valence-corrected chi connectivity index (χ2v) is 6.98. The third-order valence-electron chi connectivity index (χ3n) is 5.04. The van der Waals surface area contributed by atoms with E-state index in [1.54, 1.807) is 36.4 Å². The van der Waals surface area contributed by atoms with Crippen LogP contribution in [0.1, 0.15) is 23.2 Å². The highest BCUT2D eigenvalue weighted by Gasteiger charge is 2.16. The molecule has 0 radical (unpaired) electrons. The van der Waals surface area contributed by atoms with Gasteiger partial charge in [0.25, 0.3) is 5.91 Å². The minimum absolute atomic E-state index is 0.173. The monoisotopic (exact) mass is 377 g/mol. The van der Waals surface area contributed by atoms with Crippen molar-refractivity contribution in [1.82, 2.24) is 14.9 Å². The molecule has 28 heavy (non-hydrogen) atoms. The maximum Gasteiger partial charge on any atom is 0.250 e. The molecular formula is C21H23N5O2. The average molecular weight is 377 g/mol. The molecule has 0 unspecified atom stereocenters. The first-order valence-electron chi connectivity index (χ1n) is 9.48. The highest BCUT2D eigenvalue weighted by atomic mass is 16.3. The van der Waals surface area contributed by atoms with Gasteiger partial charge in [-0.2, -0.15) is 0 Å². The summed E-state index contributed by atoms with van der Waals surface area (Å²) in [6.45, 7) is 3.96. The SMILES string of the molecule is NC(=O)c1cccc2c(NCCN3CCCC3)nc(-c3ccc(O)cc3)nc12. The molecule has 0 atom stereocenters. The summed E-state index contributed by atoms with van der Waals surface area (Å²) in [5, 5.41) is 13.7. The molecule has 1 amide bonds. The van der Waals surface area contributed by atoms with Crippen molar-refractivity contribution in [1.29, 1.82) is 0 Å². The zero-order valence-corrected chi connectivity index (χ0v) is 15.6. The van der Waals surface area contributed by atoms with E-state index >= 15 is 0 Å². The van der Waals surface area contributed by atoms with E-state index < -0.39 is 5.91 Å². The number of aromatic nitrogens is 2. The number of carbonyl (C=O) groups excluding carboxylic acids is 1. The van der Waals surface area contributed by atoms with Crippen LogP contribution in [0.4, 0.5) is 5.82 Å². The Morgan fingerprint density at radius 1 is 1.11 bits per heavy atom. The molecule has 0 aliphatic carbocycles. The Morgan fingerprint density at radius 2 is 1.86 bits per heavy atom. The van der Waals surface area contributed by atoms with Crippen molar-refractivity contribution in [3.05, 3.63) is 48.0 Å². The normalized spacial score (nSPS) is 14.4. The number of nitrogens with zero attached hydrogens (tertiary/aromatic N) is 3. The number of para-hydroxylation sites is 1. The van der Waals surface area contributed by atoms with Gasteiger partial charge in [0.1, 0.15) is 11.6 Å². The summed E-state index contributed by atoms with van der Waals surface area (Å²) in [5.41, 5.74) is 7.20. The van der Waals surface area contributed by atoms with Crippen molar-refractivity contribution >= 4 is 22.6 Å². The number of benzene rings is 2. The van der Waals surface area contributed by atoms with Gasteiger partial charge < -0.3 is 21.1 Å². The molecule has 1 aliphatic heterocycles. The summed E-state index contributed by atoms with van der Waals surface area (Å²) in [4.78, 5) is 23.6. The molecule has 4 rings (SSSR count). The smallest absolute Gasteiger partial charge is 0.250 e. The van der Waals surface area contributed by atoms with E-state index in [1.807, 2.05) is 6.07 Å². The molecule has 4 N–H and O–H groups in total. The number of primary amides is 1. The van der Waals surface area contributed by atoms with E-state index in [1.165, 1.54) is 12.8 Å². The molecule has 0 bridgehead atoms. The summed E-state index contributed by atoms with van der Waals surface area (Å²) in [6, 6.07) is 12.0. The lowest BCUT2D eigenvalue weighted by atomic mass is 10.1. The van der Waals surface area contributed by atoms with E-state index in [-0.39, 0.29) is 5.75 Å². The fourth-order valence-electron chi connectivity index (χ4n) is 3.56. The summed E-state index contributed by atoms with van der Waals surface area (Å²) >= 11 is 0. The minimum atomic E-state index is -0.524. The number of amides is 1. The van der Waals surface area contributed by atoms with Crippen LogP contribution >= 0.6 is 0 Å². The van der Waals surface area contributed by atoms with Crippen LogP contribution in [0.15, 0.2) is 42.5 Å². The Morgan fingerprint density at radius 3 is 2.57 bits per heavy atom. The molecule has 2 aromatic carbocycles. The van der Waals surface area contributed by atoms with Crippen molar-refractivity contribution in [2.75, 3.05) is 31.5 Å². The third kappa shape index (κ3) is 3.75. The zero-order valence-electron chi connectivity index (χ0n) is 15.6. The Kier molecular flexibility index (Phi) is 5.08. The second kappa shape index (κ2) is 7.82. The van der Waals surface area contributed by atoms with E-state index in [4.69, 9.17) is 10.7 Å². The molecular weight excluding hydrogens is 354 g/mol. The number of likely N-dealkylation sites (tertiary alicyclic amines) is 1. The summed E-state index contributed by atoms with van der Waals surface area (Å²) in [6.07, 6.45) is 2.51. The number of phenols is 1. The fourth-order valence-corrected chi connectivity index (χ4v) is 3.56. The van der Waals surface area contributed by atoms with Gasteiger partial charge in [-0.25, -0.2) is 9.97 Å². The first kappa shape index (κ1) is 18.2. The molecule has 7 heteroatoms. The number of phenolic OH excluding ortho intramolecular Hbond substituents is 1. The third-order valence-corrected chi connectivity index (χ3v) is 5.04. The zero-order chi connectivity index (χ0) is 19.5. The molecule has 1 aliphatic rings. The number of nitrogens with two attached hydrogens (primary N) is 1. The number of carbonyl (C=O) groups is 1.